The lowest BCUT2D eigenvalue weighted by Gasteiger charge is -2.32. The third kappa shape index (κ3) is 3.95. The van der Waals surface area contributed by atoms with Gasteiger partial charge in [-0.15, -0.1) is 0 Å². The van der Waals surface area contributed by atoms with Gasteiger partial charge < -0.3 is 14.6 Å². The molecule has 0 bridgehead atoms. The van der Waals surface area contributed by atoms with Gasteiger partial charge in [0.05, 0.1) is 32.8 Å². The number of nitrogens with zero attached hydrogens (tertiary/aromatic N) is 2. The van der Waals surface area contributed by atoms with Crippen LogP contribution in [0.25, 0.3) is 0 Å². The van der Waals surface area contributed by atoms with Crippen LogP contribution in [0.2, 0.25) is 0 Å². The Labute approximate surface area is 169 Å². The fraction of sp³-hybridized carbons (Fsp3) is 0.300. The second-order valence-electron chi connectivity index (χ2n) is 6.62. The molecule has 1 aliphatic heterocycles. The molecular formula is C20H18F4N2O4. The van der Waals surface area contributed by atoms with Crippen molar-refractivity contribution in [3.8, 4) is 11.5 Å². The van der Waals surface area contributed by atoms with Gasteiger partial charge in [-0.05, 0) is 35.4 Å². The van der Waals surface area contributed by atoms with Crippen molar-refractivity contribution >= 4 is 11.6 Å². The molecule has 0 fully saturated rings. The summed E-state index contributed by atoms with van der Waals surface area (Å²) in [6.07, 6.45) is -6.61. The van der Waals surface area contributed by atoms with Crippen molar-refractivity contribution in [1.82, 2.24) is 5.01 Å². The van der Waals surface area contributed by atoms with Crippen LogP contribution in [-0.2, 0) is 11.2 Å². The highest BCUT2D eigenvalue weighted by Gasteiger charge is 2.63. The molecule has 1 aliphatic rings. The first-order valence-electron chi connectivity index (χ1n) is 8.75. The Bertz CT molecular complexity index is 976. The molecule has 2 aromatic rings. The first-order chi connectivity index (χ1) is 14.1. The van der Waals surface area contributed by atoms with Gasteiger partial charge >= 0.3 is 6.18 Å². The van der Waals surface area contributed by atoms with E-state index in [9.17, 15) is 27.5 Å². The van der Waals surface area contributed by atoms with Crippen molar-refractivity contribution in [3.63, 3.8) is 0 Å². The van der Waals surface area contributed by atoms with Crippen LogP contribution in [0.5, 0.6) is 11.5 Å². The standard InChI is InChI=1S/C20H18F4N2O4/c1-29-16-8-3-12(9-17(16)30-2)10-18(27)26-19(28,20(22,23)24)11-15(25-26)13-4-6-14(21)7-5-13/h3-9,28H,10-11H2,1-2H3/t19-/m1/s1. The molecule has 3 rings (SSSR count). The number of benzene rings is 2. The maximum atomic E-state index is 13.7. The summed E-state index contributed by atoms with van der Waals surface area (Å²) in [6.45, 7) is 0. The quantitative estimate of drug-likeness (QED) is 0.745. The lowest BCUT2D eigenvalue weighted by Crippen LogP contribution is -2.57. The van der Waals surface area contributed by atoms with Crippen LogP contribution < -0.4 is 9.47 Å². The number of ether oxygens (including phenoxy) is 2. The summed E-state index contributed by atoms with van der Waals surface area (Å²) in [5.41, 5.74) is -3.19. The summed E-state index contributed by atoms with van der Waals surface area (Å²) in [5.74, 6) is -0.965. The van der Waals surface area contributed by atoms with Crippen molar-refractivity contribution in [3.05, 3.63) is 59.4 Å². The summed E-state index contributed by atoms with van der Waals surface area (Å²) in [7, 11) is 2.80. The van der Waals surface area contributed by atoms with Crippen molar-refractivity contribution in [2.24, 2.45) is 5.10 Å². The second-order valence-corrected chi connectivity index (χ2v) is 6.62. The largest absolute Gasteiger partial charge is 0.493 e. The van der Waals surface area contributed by atoms with Crippen LogP contribution >= 0.6 is 0 Å². The van der Waals surface area contributed by atoms with E-state index in [-0.39, 0.29) is 16.3 Å². The summed E-state index contributed by atoms with van der Waals surface area (Å²) >= 11 is 0. The van der Waals surface area contributed by atoms with Crippen LogP contribution in [0.15, 0.2) is 47.6 Å². The van der Waals surface area contributed by atoms with E-state index >= 15 is 0 Å². The highest BCUT2D eigenvalue weighted by atomic mass is 19.4. The molecule has 1 atom stereocenters. The number of amides is 1. The third-order valence-corrected chi connectivity index (χ3v) is 4.66. The number of methoxy groups -OCH3 is 2. The minimum atomic E-state index is -5.16. The number of hydrogen-bond acceptors (Lipinski definition) is 5. The summed E-state index contributed by atoms with van der Waals surface area (Å²) in [6, 6.07) is 9.02. The Morgan fingerprint density at radius 2 is 1.77 bits per heavy atom. The number of carbonyl (C=O) groups excluding carboxylic acids is 1. The zero-order valence-electron chi connectivity index (χ0n) is 16.0. The highest BCUT2D eigenvalue weighted by molar-refractivity contribution is 6.03. The molecule has 0 radical (unpaired) electrons. The smallest absolute Gasteiger partial charge is 0.438 e. The molecule has 30 heavy (non-hydrogen) atoms. The van der Waals surface area contributed by atoms with Gasteiger partial charge in [-0.1, -0.05) is 18.2 Å². The minimum Gasteiger partial charge on any atom is -0.493 e. The van der Waals surface area contributed by atoms with Gasteiger partial charge in [0.15, 0.2) is 11.5 Å². The predicted molar refractivity (Wildman–Crippen MR) is 98.7 cm³/mol. The van der Waals surface area contributed by atoms with E-state index in [1.807, 2.05) is 0 Å². The first-order valence-corrected chi connectivity index (χ1v) is 8.75. The second kappa shape index (κ2) is 7.94. The van der Waals surface area contributed by atoms with Crippen LogP contribution in [0, 0.1) is 5.82 Å². The molecule has 0 unspecified atom stereocenters. The lowest BCUT2D eigenvalue weighted by molar-refractivity contribution is -0.302. The summed E-state index contributed by atoms with van der Waals surface area (Å²) in [4.78, 5) is 12.7. The molecule has 1 N–H and O–H groups in total. The van der Waals surface area contributed by atoms with Crippen molar-refractivity contribution < 1.29 is 36.9 Å². The van der Waals surface area contributed by atoms with Crippen molar-refractivity contribution in [2.75, 3.05) is 14.2 Å². The summed E-state index contributed by atoms with van der Waals surface area (Å²) in [5, 5.41) is 14.1. The molecule has 0 aliphatic carbocycles. The van der Waals surface area contributed by atoms with E-state index in [1.54, 1.807) is 0 Å². The molecular weight excluding hydrogens is 408 g/mol. The maximum Gasteiger partial charge on any atom is 0.438 e. The molecule has 10 heteroatoms. The monoisotopic (exact) mass is 426 g/mol. The normalized spacial score (nSPS) is 18.9. The van der Waals surface area contributed by atoms with Gasteiger partial charge in [-0.3, -0.25) is 4.79 Å². The Kier molecular flexibility index (Phi) is 5.71. The highest BCUT2D eigenvalue weighted by Crippen LogP contribution is 2.41. The summed E-state index contributed by atoms with van der Waals surface area (Å²) < 4.78 is 64.3. The number of carbonyl (C=O) groups is 1. The van der Waals surface area contributed by atoms with Crippen LogP contribution in [0.4, 0.5) is 17.6 Å². The third-order valence-electron chi connectivity index (χ3n) is 4.66. The number of hydrazone groups is 1. The fourth-order valence-corrected chi connectivity index (χ4v) is 3.07. The molecule has 0 saturated carbocycles. The first kappa shape index (κ1) is 21.6. The van der Waals surface area contributed by atoms with Crippen molar-refractivity contribution in [2.45, 2.75) is 24.7 Å². The Morgan fingerprint density at radius 3 is 2.33 bits per heavy atom. The Balaban J connectivity index is 1.93. The number of hydrogen-bond donors (Lipinski definition) is 1. The molecule has 0 aromatic heterocycles. The SMILES string of the molecule is COc1ccc(CC(=O)N2N=C(c3ccc(F)cc3)C[C@@]2(O)C(F)(F)F)cc1OC. The van der Waals surface area contributed by atoms with Crippen LogP contribution in [0.3, 0.4) is 0 Å². The van der Waals surface area contributed by atoms with Gasteiger partial charge in [0, 0.05) is 0 Å². The fourth-order valence-electron chi connectivity index (χ4n) is 3.07. The molecule has 160 valence electrons. The van der Waals surface area contributed by atoms with Gasteiger partial charge in [0.1, 0.15) is 5.82 Å². The zero-order chi connectivity index (χ0) is 22.1. The molecule has 6 nitrogen and oxygen atoms in total. The molecule has 2 aromatic carbocycles. The maximum absolute atomic E-state index is 13.7. The van der Waals surface area contributed by atoms with Gasteiger partial charge in [0.25, 0.3) is 5.72 Å². The lowest BCUT2D eigenvalue weighted by atomic mass is 10.0. The predicted octanol–water partition coefficient (Wildman–Crippen LogP) is 3.27. The molecule has 1 amide bonds. The van der Waals surface area contributed by atoms with E-state index in [4.69, 9.17) is 9.47 Å². The molecule has 0 spiro atoms. The van der Waals surface area contributed by atoms with Gasteiger partial charge in [-0.2, -0.15) is 23.3 Å². The van der Waals surface area contributed by atoms with Gasteiger partial charge in [-0.25, -0.2) is 4.39 Å². The van der Waals surface area contributed by atoms with Crippen LogP contribution in [-0.4, -0.2) is 47.9 Å². The average molecular weight is 426 g/mol. The molecule has 1 heterocycles. The molecule has 0 saturated heterocycles. The van der Waals surface area contributed by atoms with Gasteiger partial charge in [0.2, 0.25) is 5.91 Å². The van der Waals surface area contributed by atoms with Crippen LogP contribution in [0.1, 0.15) is 17.5 Å². The van der Waals surface area contributed by atoms with Crippen molar-refractivity contribution in [1.29, 1.82) is 0 Å². The zero-order valence-corrected chi connectivity index (χ0v) is 16.0. The number of alkyl halides is 3. The van der Waals surface area contributed by atoms with E-state index in [0.29, 0.717) is 17.1 Å². The number of halogens is 4. The van der Waals surface area contributed by atoms with E-state index in [0.717, 1.165) is 12.1 Å². The number of rotatable bonds is 5. The van der Waals surface area contributed by atoms with E-state index in [1.165, 1.54) is 44.6 Å². The number of aliphatic hydroxyl groups is 1. The minimum absolute atomic E-state index is 0.0440. The Hall–Kier alpha value is -3.14. The van der Waals surface area contributed by atoms with E-state index < -0.39 is 36.5 Å². The Morgan fingerprint density at radius 1 is 1.13 bits per heavy atom. The topological polar surface area (TPSA) is 71.4 Å². The average Bonchev–Trinajstić information content (AvgIpc) is 3.07. The van der Waals surface area contributed by atoms with E-state index in [2.05, 4.69) is 5.10 Å².